The molecular weight excluding hydrogens is 592 g/mol. The summed E-state index contributed by atoms with van der Waals surface area (Å²) >= 11 is 0. The molecule has 14 heteroatoms. The lowest BCUT2D eigenvalue weighted by Crippen LogP contribution is -2.44. The highest BCUT2D eigenvalue weighted by Crippen LogP contribution is 2.32. The maximum absolute atomic E-state index is 12.7. The molecule has 0 unspecified atom stereocenters. The Morgan fingerprint density at radius 1 is 0.578 bits per heavy atom. The fourth-order valence-electron chi connectivity index (χ4n) is 4.20. The first kappa shape index (κ1) is 40.0. The number of Topliss-reactive ketones (excluding diaryl/α,β-unsaturated/α-hetero) is 4. The molecule has 0 aliphatic rings. The van der Waals surface area contributed by atoms with E-state index in [0.29, 0.717) is 0 Å². The van der Waals surface area contributed by atoms with Crippen molar-refractivity contribution >= 4 is 47.0 Å². The molecule has 0 heterocycles. The first-order valence-electron chi connectivity index (χ1n) is 13.7. The molecule has 0 fully saturated rings. The molecular formula is C31H38N2O12. The lowest BCUT2D eigenvalue weighted by Gasteiger charge is -2.32. The largest absolute Gasteiger partial charge is 0.465 e. The van der Waals surface area contributed by atoms with Gasteiger partial charge in [0.25, 0.3) is 0 Å². The fraction of sp³-hybridized carbons (Fsp3) is 0.548. The van der Waals surface area contributed by atoms with Gasteiger partial charge in [0, 0.05) is 25.0 Å². The summed E-state index contributed by atoms with van der Waals surface area (Å²) in [6.07, 6.45) is -0.880. The number of carbonyl (C=O) groups excluding carboxylic acids is 8. The molecule has 0 atom stereocenters. The second kappa shape index (κ2) is 18.6. The molecule has 0 aliphatic heterocycles. The van der Waals surface area contributed by atoms with E-state index >= 15 is 0 Å². The van der Waals surface area contributed by atoms with Crippen molar-refractivity contribution in [3.8, 4) is 12.1 Å². The molecule has 0 aliphatic carbocycles. The predicted molar refractivity (Wildman–Crippen MR) is 153 cm³/mol. The Balaban J connectivity index is 6.10. The van der Waals surface area contributed by atoms with Gasteiger partial charge in [-0.2, -0.15) is 10.5 Å². The molecule has 0 aromatic heterocycles. The van der Waals surface area contributed by atoms with Crippen LogP contribution >= 0.6 is 0 Å². The summed E-state index contributed by atoms with van der Waals surface area (Å²) in [7, 11) is 0. The lowest BCUT2D eigenvalue weighted by molar-refractivity contribution is -0.168. The van der Waals surface area contributed by atoms with Crippen LogP contribution in [0.15, 0.2) is 25.3 Å². The number of rotatable bonds is 22. The number of esters is 4. The van der Waals surface area contributed by atoms with E-state index in [-0.39, 0.29) is 12.8 Å². The van der Waals surface area contributed by atoms with Crippen LogP contribution in [0.2, 0.25) is 0 Å². The van der Waals surface area contributed by atoms with Gasteiger partial charge in [-0.25, -0.2) is 9.59 Å². The molecule has 45 heavy (non-hydrogen) atoms. The molecule has 0 rings (SSSR count). The minimum absolute atomic E-state index is 0.334. The highest BCUT2D eigenvalue weighted by Gasteiger charge is 2.43. The topological polar surface area (TPSA) is 221 Å². The van der Waals surface area contributed by atoms with Crippen LogP contribution in [0.5, 0.6) is 0 Å². The summed E-state index contributed by atoms with van der Waals surface area (Å²) in [5, 5.41) is 18.3. The molecule has 0 spiro atoms. The molecule has 0 aromatic carbocycles. The Labute approximate surface area is 261 Å². The molecule has 14 nitrogen and oxygen atoms in total. The van der Waals surface area contributed by atoms with Gasteiger partial charge in [0.2, 0.25) is 0 Å². The van der Waals surface area contributed by atoms with Crippen molar-refractivity contribution in [2.24, 2.45) is 16.2 Å². The zero-order valence-electron chi connectivity index (χ0n) is 25.9. The summed E-state index contributed by atoms with van der Waals surface area (Å²) in [5.41, 5.74) is -5.14. The minimum atomic E-state index is -1.72. The predicted octanol–water partition coefficient (Wildman–Crippen LogP) is 2.23. The van der Waals surface area contributed by atoms with Gasteiger partial charge in [0.1, 0.15) is 65.8 Å². The van der Waals surface area contributed by atoms with Gasteiger partial charge in [0.05, 0.1) is 25.0 Å². The van der Waals surface area contributed by atoms with Gasteiger partial charge < -0.3 is 18.9 Å². The molecule has 0 aromatic rings. The molecule has 0 amide bonds. The lowest BCUT2D eigenvalue weighted by atomic mass is 9.74. The zero-order chi connectivity index (χ0) is 34.8. The van der Waals surface area contributed by atoms with Crippen molar-refractivity contribution in [2.75, 3.05) is 26.4 Å². The van der Waals surface area contributed by atoms with Gasteiger partial charge in [-0.3, -0.25) is 28.8 Å². The maximum atomic E-state index is 12.7. The van der Waals surface area contributed by atoms with Crippen molar-refractivity contribution in [2.45, 2.75) is 66.2 Å². The first-order chi connectivity index (χ1) is 21.0. The van der Waals surface area contributed by atoms with Crippen LogP contribution < -0.4 is 0 Å². The van der Waals surface area contributed by atoms with Gasteiger partial charge in [-0.05, 0) is 40.5 Å². The number of nitrogens with zero attached hydrogens (tertiary/aromatic N) is 2. The monoisotopic (exact) mass is 630 g/mol. The third-order valence-corrected chi connectivity index (χ3v) is 7.42. The van der Waals surface area contributed by atoms with Crippen molar-refractivity contribution in [3.05, 3.63) is 25.3 Å². The molecule has 0 saturated carbocycles. The minimum Gasteiger partial charge on any atom is -0.465 e. The van der Waals surface area contributed by atoms with E-state index < -0.39 is 115 Å². The van der Waals surface area contributed by atoms with E-state index in [1.807, 2.05) is 0 Å². The Morgan fingerprint density at radius 3 is 1.11 bits per heavy atom. The Morgan fingerprint density at radius 2 is 0.867 bits per heavy atom. The van der Waals surface area contributed by atoms with Gasteiger partial charge >= 0.3 is 23.9 Å². The Kier molecular flexibility index (Phi) is 16.6. The van der Waals surface area contributed by atoms with Crippen molar-refractivity contribution in [1.29, 1.82) is 10.5 Å². The third kappa shape index (κ3) is 11.9. The van der Waals surface area contributed by atoms with E-state index in [0.717, 1.165) is 39.8 Å². The second-order valence-electron chi connectivity index (χ2n) is 10.5. The first-order valence-corrected chi connectivity index (χ1v) is 13.7. The fourth-order valence-corrected chi connectivity index (χ4v) is 4.20. The second-order valence-corrected chi connectivity index (χ2v) is 10.5. The van der Waals surface area contributed by atoms with E-state index in [4.69, 9.17) is 29.5 Å². The van der Waals surface area contributed by atoms with Crippen LogP contribution in [0.4, 0.5) is 0 Å². The number of carbonyl (C=O) groups is 8. The van der Waals surface area contributed by atoms with Gasteiger partial charge in [-0.15, -0.1) is 0 Å². The standard InChI is InChI=1S/C31H38N2O12/c1-7-25(38)42-17-29(18-43-26(39)8-2,19-44-27(40)9-11-30(13-15-32,21(3)34)22(4)35)20-45-28(41)10-12-31(14-16-33,23(5)36)24(6)37/h7-8H,1-2,9-14,17-20H2,3-6H3. The van der Waals surface area contributed by atoms with Crippen molar-refractivity contribution < 1.29 is 57.3 Å². The summed E-state index contributed by atoms with van der Waals surface area (Å²) in [6.45, 7) is 8.48. The zero-order valence-corrected chi connectivity index (χ0v) is 25.9. The van der Waals surface area contributed by atoms with Crippen LogP contribution in [0.25, 0.3) is 0 Å². The number of ether oxygens (including phenoxy) is 4. The Hall–Kier alpha value is -4.98. The summed E-state index contributed by atoms with van der Waals surface area (Å²) in [4.78, 5) is 98.1. The van der Waals surface area contributed by atoms with Crippen LogP contribution in [-0.2, 0) is 57.3 Å². The molecule has 0 saturated heterocycles. The quantitative estimate of drug-likeness (QED) is 0.0724. The summed E-state index contributed by atoms with van der Waals surface area (Å²) < 4.78 is 20.8. The molecule has 0 bridgehead atoms. The van der Waals surface area contributed by atoms with Crippen molar-refractivity contribution in [1.82, 2.24) is 0 Å². The highest BCUT2D eigenvalue weighted by molar-refractivity contribution is 6.06. The van der Waals surface area contributed by atoms with Crippen LogP contribution in [0.3, 0.4) is 0 Å². The smallest absolute Gasteiger partial charge is 0.330 e. The van der Waals surface area contributed by atoms with E-state index in [1.165, 1.54) is 0 Å². The Bertz CT molecular complexity index is 1160. The number of nitriles is 2. The number of hydrogen-bond donors (Lipinski definition) is 0. The van der Waals surface area contributed by atoms with E-state index in [2.05, 4.69) is 13.2 Å². The molecule has 0 N–H and O–H groups in total. The third-order valence-electron chi connectivity index (χ3n) is 7.42. The van der Waals surface area contributed by atoms with E-state index in [9.17, 15) is 38.4 Å². The van der Waals surface area contributed by atoms with Gasteiger partial charge in [-0.1, -0.05) is 13.2 Å². The van der Waals surface area contributed by atoms with E-state index in [1.54, 1.807) is 12.1 Å². The average molecular weight is 631 g/mol. The van der Waals surface area contributed by atoms with Gasteiger partial charge in [0.15, 0.2) is 0 Å². The maximum Gasteiger partial charge on any atom is 0.330 e. The summed E-state index contributed by atoms with van der Waals surface area (Å²) in [6, 6.07) is 3.55. The van der Waals surface area contributed by atoms with Crippen LogP contribution in [0, 0.1) is 38.9 Å². The highest BCUT2D eigenvalue weighted by atomic mass is 16.6. The number of hydrogen-bond acceptors (Lipinski definition) is 14. The normalized spacial score (nSPS) is 11.1. The van der Waals surface area contributed by atoms with Crippen LogP contribution in [0.1, 0.15) is 66.2 Å². The average Bonchev–Trinajstić information content (AvgIpc) is 2.99. The molecule has 244 valence electrons. The summed E-state index contributed by atoms with van der Waals surface area (Å²) in [5.74, 6) is -6.13. The van der Waals surface area contributed by atoms with Crippen LogP contribution in [-0.4, -0.2) is 73.4 Å². The van der Waals surface area contributed by atoms with Crippen molar-refractivity contribution in [3.63, 3.8) is 0 Å². The molecule has 0 radical (unpaired) electrons. The SMILES string of the molecule is C=CC(=O)OCC(COC(=O)C=C)(COC(=O)CCC(CC#N)(C(C)=O)C(C)=O)COC(=O)CCC(CC#N)(C(C)=O)C(C)=O. The number of ketones is 4.